The summed E-state index contributed by atoms with van der Waals surface area (Å²) in [5.74, 6) is -0.616. The second-order valence-electron chi connectivity index (χ2n) is 4.34. The summed E-state index contributed by atoms with van der Waals surface area (Å²) < 4.78 is 9.80. The monoisotopic (exact) mass is 319 g/mol. The largest absolute Gasteiger partial charge is 0.496 e. The maximum atomic E-state index is 12.1. The van der Waals surface area contributed by atoms with Crippen molar-refractivity contribution in [3.63, 3.8) is 0 Å². The molecule has 114 valence electrons. The van der Waals surface area contributed by atoms with E-state index in [0.29, 0.717) is 11.3 Å². The van der Waals surface area contributed by atoms with Gasteiger partial charge in [-0.15, -0.1) is 0 Å². The molecule has 0 aromatic heterocycles. The van der Waals surface area contributed by atoms with Crippen LogP contribution in [0.4, 0.5) is 5.69 Å². The van der Waals surface area contributed by atoms with Crippen LogP contribution in [-0.2, 0) is 4.74 Å². The Hall–Kier alpha value is -2.53. The van der Waals surface area contributed by atoms with Gasteiger partial charge in [0.2, 0.25) is 0 Å². The van der Waals surface area contributed by atoms with Crippen molar-refractivity contribution in [2.45, 2.75) is 0 Å². The highest BCUT2D eigenvalue weighted by atomic mass is 35.5. The zero-order valence-corrected chi connectivity index (χ0v) is 12.8. The molecule has 0 aliphatic heterocycles. The van der Waals surface area contributed by atoms with Crippen LogP contribution >= 0.6 is 11.6 Å². The second-order valence-corrected chi connectivity index (χ2v) is 4.75. The van der Waals surface area contributed by atoms with E-state index in [-0.39, 0.29) is 22.2 Å². The molecule has 1 amide bonds. The molecule has 2 aromatic rings. The van der Waals surface area contributed by atoms with Crippen molar-refractivity contribution >= 4 is 29.2 Å². The van der Waals surface area contributed by atoms with E-state index in [1.54, 1.807) is 24.3 Å². The highest BCUT2D eigenvalue weighted by Gasteiger charge is 2.17. The Bertz CT molecular complexity index is 701. The number of anilines is 1. The molecule has 0 fully saturated rings. The number of rotatable bonds is 4. The van der Waals surface area contributed by atoms with Gasteiger partial charge >= 0.3 is 5.97 Å². The van der Waals surface area contributed by atoms with Crippen LogP contribution in [0.1, 0.15) is 20.7 Å². The van der Waals surface area contributed by atoms with E-state index in [4.69, 9.17) is 16.3 Å². The van der Waals surface area contributed by atoms with Gasteiger partial charge < -0.3 is 14.8 Å². The summed E-state index contributed by atoms with van der Waals surface area (Å²) in [5.41, 5.74) is 1.03. The zero-order valence-electron chi connectivity index (χ0n) is 12.1. The minimum absolute atomic E-state index is 0.188. The molecule has 0 aliphatic rings. The summed E-state index contributed by atoms with van der Waals surface area (Å²) in [4.78, 5) is 23.8. The molecule has 2 aromatic carbocycles. The van der Waals surface area contributed by atoms with Crippen LogP contribution in [0, 0.1) is 0 Å². The smallest absolute Gasteiger partial charge is 0.341 e. The van der Waals surface area contributed by atoms with E-state index >= 15 is 0 Å². The number of esters is 1. The average molecular weight is 320 g/mol. The summed E-state index contributed by atoms with van der Waals surface area (Å²) >= 11 is 6.11. The van der Waals surface area contributed by atoms with E-state index in [9.17, 15) is 9.59 Å². The summed E-state index contributed by atoms with van der Waals surface area (Å²) in [5, 5.41) is 2.90. The van der Waals surface area contributed by atoms with Gasteiger partial charge in [-0.1, -0.05) is 29.8 Å². The van der Waals surface area contributed by atoms with Crippen LogP contribution in [0.5, 0.6) is 5.75 Å². The summed E-state index contributed by atoms with van der Waals surface area (Å²) in [6.45, 7) is 0. The van der Waals surface area contributed by atoms with Gasteiger partial charge in [-0.05, 0) is 18.2 Å². The number of hydrogen-bond donors (Lipinski definition) is 1. The lowest BCUT2D eigenvalue weighted by Gasteiger charge is -2.12. The van der Waals surface area contributed by atoms with E-state index < -0.39 is 5.97 Å². The van der Waals surface area contributed by atoms with Crippen molar-refractivity contribution in [1.82, 2.24) is 0 Å². The molecule has 0 bridgehead atoms. The van der Waals surface area contributed by atoms with E-state index in [2.05, 4.69) is 10.1 Å². The highest BCUT2D eigenvalue weighted by molar-refractivity contribution is 6.34. The number of amides is 1. The first-order chi connectivity index (χ1) is 10.6. The van der Waals surface area contributed by atoms with Gasteiger partial charge in [-0.25, -0.2) is 4.79 Å². The molecule has 0 heterocycles. The number of carbonyl (C=O) groups excluding carboxylic acids is 2. The molecule has 2 rings (SSSR count). The molecular formula is C16H14ClNO4. The Morgan fingerprint density at radius 3 is 2.36 bits per heavy atom. The minimum atomic E-state index is -0.570. The zero-order chi connectivity index (χ0) is 16.1. The van der Waals surface area contributed by atoms with Crippen molar-refractivity contribution in [3.8, 4) is 5.75 Å². The maximum Gasteiger partial charge on any atom is 0.341 e. The fraction of sp³-hybridized carbons (Fsp3) is 0.125. The van der Waals surface area contributed by atoms with Crippen molar-refractivity contribution in [2.75, 3.05) is 19.5 Å². The molecule has 22 heavy (non-hydrogen) atoms. The van der Waals surface area contributed by atoms with Crippen molar-refractivity contribution in [3.05, 3.63) is 58.6 Å². The summed E-state index contributed by atoms with van der Waals surface area (Å²) in [6.07, 6.45) is 0. The first-order valence-corrected chi connectivity index (χ1v) is 6.77. The number of methoxy groups -OCH3 is 2. The third-order valence-electron chi connectivity index (χ3n) is 2.98. The lowest BCUT2D eigenvalue weighted by molar-refractivity contribution is 0.0597. The van der Waals surface area contributed by atoms with Crippen LogP contribution in [0.2, 0.25) is 5.02 Å². The van der Waals surface area contributed by atoms with Crippen LogP contribution in [0.15, 0.2) is 42.5 Å². The number of hydrogen-bond acceptors (Lipinski definition) is 4. The molecule has 1 N–H and O–H groups in total. The Morgan fingerprint density at radius 2 is 1.77 bits per heavy atom. The van der Waals surface area contributed by atoms with Gasteiger partial charge in [0, 0.05) is 11.6 Å². The number of benzene rings is 2. The fourth-order valence-corrected chi connectivity index (χ4v) is 2.08. The molecule has 0 spiro atoms. The normalized spacial score (nSPS) is 9.95. The predicted molar refractivity (Wildman–Crippen MR) is 83.7 cm³/mol. The van der Waals surface area contributed by atoms with Gasteiger partial charge in [0.05, 0.1) is 24.9 Å². The molecule has 5 nitrogen and oxygen atoms in total. The van der Waals surface area contributed by atoms with Crippen LogP contribution in [0.25, 0.3) is 0 Å². The predicted octanol–water partition coefficient (Wildman–Crippen LogP) is 3.39. The summed E-state index contributed by atoms with van der Waals surface area (Å²) in [7, 11) is 2.68. The average Bonchev–Trinajstić information content (AvgIpc) is 2.56. The molecule has 0 saturated heterocycles. The van der Waals surface area contributed by atoms with Gasteiger partial charge in [0.15, 0.2) is 0 Å². The van der Waals surface area contributed by atoms with Gasteiger partial charge in [-0.3, -0.25) is 4.79 Å². The van der Waals surface area contributed by atoms with Crippen molar-refractivity contribution < 1.29 is 19.1 Å². The number of halogens is 1. The SMILES string of the molecule is COC(=O)c1cc(Cl)c(NC(=O)c2ccccc2)cc1OC. The van der Waals surface area contributed by atoms with Gasteiger partial charge in [-0.2, -0.15) is 0 Å². The van der Waals surface area contributed by atoms with Gasteiger partial charge in [0.25, 0.3) is 5.91 Å². The van der Waals surface area contributed by atoms with E-state index in [1.807, 2.05) is 6.07 Å². The Balaban J connectivity index is 2.32. The fourth-order valence-electron chi connectivity index (χ4n) is 1.87. The van der Waals surface area contributed by atoms with Crippen LogP contribution < -0.4 is 10.1 Å². The minimum Gasteiger partial charge on any atom is -0.496 e. The second kappa shape index (κ2) is 6.95. The first-order valence-electron chi connectivity index (χ1n) is 6.39. The van der Waals surface area contributed by atoms with E-state index in [1.165, 1.54) is 26.4 Å². The lowest BCUT2D eigenvalue weighted by Crippen LogP contribution is -2.13. The maximum absolute atomic E-state index is 12.1. The van der Waals surface area contributed by atoms with Crippen LogP contribution in [-0.4, -0.2) is 26.1 Å². The Morgan fingerprint density at radius 1 is 1.09 bits per heavy atom. The standard InChI is InChI=1S/C16H14ClNO4/c1-21-14-9-13(12(17)8-11(14)16(20)22-2)18-15(19)10-6-4-3-5-7-10/h3-9H,1-2H3,(H,18,19). The highest BCUT2D eigenvalue weighted by Crippen LogP contribution is 2.31. The number of carbonyl (C=O) groups is 2. The first kappa shape index (κ1) is 15.9. The molecule has 6 heteroatoms. The molecule has 0 saturated carbocycles. The molecular weight excluding hydrogens is 306 g/mol. The third kappa shape index (κ3) is 3.38. The Kier molecular flexibility index (Phi) is 5.01. The molecule has 0 atom stereocenters. The van der Waals surface area contributed by atoms with E-state index in [0.717, 1.165) is 0 Å². The Labute approximate surface area is 132 Å². The third-order valence-corrected chi connectivity index (χ3v) is 3.29. The molecule has 0 unspecified atom stereocenters. The van der Waals surface area contributed by atoms with Crippen molar-refractivity contribution in [1.29, 1.82) is 0 Å². The summed E-state index contributed by atoms with van der Waals surface area (Å²) in [6, 6.07) is 11.6. The number of ether oxygens (including phenoxy) is 2. The van der Waals surface area contributed by atoms with Crippen molar-refractivity contribution in [2.24, 2.45) is 0 Å². The topological polar surface area (TPSA) is 64.6 Å². The van der Waals surface area contributed by atoms with Gasteiger partial charge in [0.1, 0.15) is 11.3 Å². The number of nitrogens with one attached hydrogen (secondary N) is 1. The molecule has 0 radical (unpaired) electrons. The quantitative estimate of drug-likeness (QED) is 0.877. The molecule has 0 aliphatic carbocycles. The van der Waals surface area contributed by atoms with Crippen LogP contribution in [0.3, 0.4) is 0 Å². The lowest BCUT2D eigenvalue weighted by atomic mass is 10.1.